The average molecular weight is 389 g/mol. The molecule has 2 aromatic rings. The van der Waals surface area contributed by atoms with Gasteiger partial charge in [-0.25, -0.2) is 0 Å². The lowest BCUT2D eigenvalue weighted by molar-refractivity contribution is -0.116. The summed E-state index contributed by atoms with van der Waals surface area (Å²) < 4.78 is 0.866. The molecule has 126 valence electrons. The number of hydrogen-bond acceptors (Lipinski definition) is 2. The van der Waals surface area contributed by atoms with Crippen molar-refractivity contribution in [3.8, 4) is 0 Å². The smallest absolute Gasteiger partial charge is 0.251 e. The van der Waals surface area contributed by atoms with Crippen molar-refractivity contribution in [2.75, 3.05) is 5.32 Å². The van der Waals surface area contributed by atoms with Gasteiger partial charge in [-0.2, -0.15) is 0 Å². The Bertz CT molecular complexity index is 729. The zero-order valence-electron chi connectivity index (χ0n) is 13.8. The molecule has 0 fully saturated rings. The van der Waals surface area contributed by atoms with Gasteiger partial charge in [0.25, 0.3) is 5.91 Å². The minimum atomic E-state index is -0.134. The molecule has 0 spiro atoms. The molecule has 2 amide bonds. The van der Waals surface area contributed by atoms with Crippen molar-refractivity contribution in [3.63, 3.8) is 0 Å². The first-order chi connectivity index (χ1) is 11.4. The lowest BCUT2D eigenvalue weighted by atomic mass is 10.1. The van der Waals surface area contributed by atoms with Gasteiger partial charge in [-0.3, -0.25) is 9.59 Å². The molecule has 0 aliphatic rings. The van der Waals surface area contributed by atoms with Gasteiger partial charge in [-0.1, -0.05) is 48.0 Å². The van der Waals surface area contributed by atoms with Crippen LogP contribution in [0.1, 0.15) is 36.2 Å². The van der Waals surface area contributed by atoms with Crippen LogP contribution in [0.25, 0.3) is 0 Å². The number of carbonyl (C=O) groups excluding carboxylic acids is 2. The van der Waals surface area contributed by atoms with Crippen molar-refractivity contribution in [2.45, 2.75) is 26.8 Å². The third-order valence-electron chi connectivity index (χ3n) is 3.34. The lowest BCUT2D eigenvalue weighted by Gasteiger charge is -2.10. The molecule has 0 saturated heterocycles. The van der Waals surface area contributed by atoms with Crippen LogP contribution in [0.3, 0.4) is 0 Å². The molecule has 0 aliphatic carbocycles. The van der Waals surface area contributed by atoms with E-state index in [4.69, 9.17) is 0 Å². The summed E-state index contributed by atoms with van der Waals surface area (Å²) in [5.41, 5.74) is 2.28. The topological polar surface area (TPSA) is 58.2 Å². The molecule has 0 radical (unpaired) electrons. The summed E-state index contributed by atoms with van der Waals surface area (Å²) in [7, 11) is 0. The van der Waals surface area contributed by atoms with Crippen molar-refractivity contribution < 1.29 is 9.59 Å². The van der Waals surface area contributed by atoms with Gasteiger partial charge >= 0.3 is 0 Å². The predicted molar refractivity (Wildman–Crippen MR) is 99.8 cm³/mol. The highest BCUT2D eigenvalue weighted by atomic mass is 79.9. The fraction of sp³-hybridized carbons (Fsp3) is 0.263. The van der Waals surface area contributed by atoms with Gasteiger partial charge in [-0.15, -0.1) is 0 Å². The van der Waals surface area contributed by atoms with Crippen LogP contribution in [0.15, 0.2) is 53.0 Å². The average Bonchev–Trinajstić information content (AvgIpc) is 2.52. The number of anilines is 1. The van der Waals surface area contributed by atoms with E-state index in [1.54, 1.807) is 12.1 Å². The molecule has 0 atom stereocenters. The molecule has 0 heterocycles. The van der Waals surface area contributed by atoms with Crippen molar-refractivity contribution in [2.24, 2.45) is 5.92 Å². The SMILES string of the molecule is CC(C)CC(=O)Nc1cccc(CNC(=O)c2cccc(Br)c2)c1. The van der Waals surface area contributed by atoms with Gasteiger partial charge in [0.1, 0.15) is 0 Å². The van der Waals surface area contributed by atoms with Crippen molar-refractivity contribution in [1.82, 2.24) is 5.32 Å². The number of nitrogens with one attached hydrogen (secondary N) is 2. The molecule has 2 N–H and O–H groups in total. The van der Waals surface area contributed by atoms with Crippen LogP contribution >= 0.6 is 15.9 Å². The van der Waals surface area contributed by atoms with E-state index < -0.39 is 0 Å². The third-order valence-corrected chi connectivity index (χ3v) is 3.84. The van der Waals surface area contributed by atoms with Crippen molar-refractivity contribution in [3.05, 3.63) is 64.1 Å². The first-order valence-corrected chi connectivity index (χ1v) is 8.66. The molecule has 2 rings (SSSR count). The van der Waals surface area contributed by atoms with Gasteiger partial charge < -0.3 is 10.6 Å². The molecule has 24 heavy (non-hydrogen) atoms. The van der Waals surface area contributed by atoms with E-state index in [0.717, 1.165) is 15.7 Å². The molecule has 0 aromatic heterocycles. The van der Waals surface area contributed by atoms with Crippen LogP contribution in [-0.2, 0) is 11.3 Å². The van der Waals surface area contributed by atoms with Crippen LogP contribution in [0, 0.1) is 5.92 Å². The van der Waals surface area contributed by atoms with Crippen LogP contribution in [0.4, 0.5) is 5.69 Å². The monoisotopic (exact) mass is 388 g/mol. The van der Waals surface area contributed by atoms with E-state index in [9.17, 15) is 9.59 Å². The summed E-state index contributed by atoms with van der Waals surface area (Å²) in [6.45, 7) is 4.42. The molecular formula is C19H21BrN2O2. The largest absolute Gasteiger partial charge is 0.348 e. The summed E-state index contributed by atoms with van der Waals surface area (Å²) >= 11 is 3.36. The maximum atomic E-state index is 12.2. The van der Waals surface area contributed by atoms with E-state index in [2.05, 4.69) is 26.6 Å². The van der Waals surface area contributed by atoms with E-state index in [1.165, 1.54) is 0 Å². The van der Waals surface area contributed by atoms with Crippen molar-refractivity contribution in [1.29, 1.82) is 0 Å². The van der Waals surface area contributed by atoms with E-state index in [1.807, 2.05) is 50.2 Å². The van der Waals surface area contributed by atoms with Crippen LogP contribution in [-0.4, -0.2) is 11.8 Å². The summed E-state index contributed by atoms with van der Waals surface area (Å²) in [4.78, 5) is 24.0. The number of amides is 2. The Morgan fingerprint density at radius 1 is 1.08 bits per heavy atom. The van der Waals surface area contributed by atoms with Gasteiger partial charge in [0.15, 0.2) is 0 Å². The third kappa shape index (κ3) is 5.81. The molecule has 0 unspecified atom stereocenters. The van der Waals surface area contributed by atoms with Crippen LogP contribution < -0.4 is 10.6 Å². The molecular weight excluding hydrogens is 368 g/mol. The second kappa shape index (κ2) is 8.64. The Morgan fingerprint density at radius 3 is 2.54 bits per heavy atom. The number of halogens is 1. The fourth-order valence-corrected chi connectivity index (χ4v) is 2.66. The predicted octanol–water partition coefficient (Wildman–Crippen LogP) is 4.36. The quantitative estimate of drug-likeness (QED) is 0.771. The lowest BCUT2D eigenvalue weighted by Crippen LogP contribution is -2.22. The maximum Gasteiger partial charge on any atom is 0.251 e. The van der Waals surface area contributed by atoms with E-state index >= 15 is 0 Å². The van der Waals surface area contributed by atoms with Gasteiger partial charge in [0.05, 0.1) is 0 Å². The molecule has 0 bridgehead atoms. The summed E-state index contributed by atoms with van der Waals surface area (Å²) in [5, 5.41) is 5.77. The first-order valence-electron chi connectivity index (χ1n) is 7.86. The number of carbonyl (C=O) groups is 2. The Labute approximate surface area is 150 Å². The molecule has 5 heteroatoms. The molecule has 2 aromatic carbocycles. The zero-order chi connectivity index (χ0) is 17.5. The van der Waals surface area contributed by atoms with Crippen molar-refractivity contribution >= 4 is 33.4 Å². The summed E-state index contributed by atoms with van der Waals surface area (Å²) in [6.07, 6.45) is 0.490. The highest BCUT2D eigenvalue weighted by molar-refractivity contribution is 9.10. The van der Waals surface area contributed by atoms with Gasteiger partial charge in [0.2, 0.25) is 5.91 Å². The van der Waals surface area contributed by atoms with Gasteiger partial charge in [-0.05, 0) is 41.8 Å². The second-order valence-electron chi connectivity index (χ2n) is 6.04. The Balaban J connectivity index is 1.94. The first kappa shape index (κ1) is 18.2. The number of hydrogen-bond donors (Lipinski definition) is 2. The standard InChI is InChI=1S/C19H21BrN2O2/c1-13(2)9-18(23)22-17-8-3-5-14(10-17)12-21-19(24)15-6-4-7-16(20)11-15/h3-8,10-11,13H,9,12H2,1-2H3,(H,21,24)(H,22,23). The number of rotatable bonds is 6. The maximum absolute atomic E-state index is 12.2. The highest BCUT2D eigenvalue weighted by Gasteiger charge is 2.07. The Hall–Kier alpha value is -2.14. The normalized spacial score (nSPS) is 10.5. The highest BCUT2D eigenvalue weighted by Crippen LogP contribution is 2.14. The minimum Gasteiger partial charge on any atom is -0.348 e. The van der Waals surface area contributed by atoms with Crippen LogP contribution in [0.5, 0.6) is 0 Å². The number of benzene rings is 2. The summed E-state index contributed by atoms with van der Waals surface area (Å²) in [5.74, 6) is 0.184. The zero-order valence-corrected chi connectivity index (χ0v) is 15.4. The van der Waals surface area contributed by atoms with Gasteiger partial charge in [0, 0.05) is 28.7 Å². The molecule has 0 aliphatic heterocycles. The molecule has 4 nitrogen and oxygen atoms in total. The molecule has 0 saturated carbocycles. The second-order valence-corrected chi connectivity index (χ2v) is 6.96. The minimum absolute atomic E-state index is 0.000298. The van der Waals surface area contributed by atoms with E-state index in [0.29, 0.717) is 24.4 Å². The Kier molecular flexibility index (Phi) is 6.55. The Morgan fingerprint density at radius 2 is 1.83 bits per heavy atom. The summed E-state index contributed by atoms with van der Waals surface area (Å²) in [6, 6.07) is 14.7. The fourth-order valence-electron chi connectivity index (χ4n) is 2.26. The van der Waals surface area contributed by atoms with Crippen LogP contribution in [0.2, 0.25) is 0 Å². The van der Waals surface area contributed by atoms with E-state index in [-0.39, 0.29) is 11.8 Å².